The quantitative estimate of drug-likeness (QED) is 0.760. The molecule has 1 aromatic carbocycles. The van der Waals surface area contributed by atoms with Crippen molar-refractivity contribution < 1.29 is 14.9 Å². The summed E-state index contributed by atoms with van der Waals surface area (Å²) < 4.78 is 5.25. The van der Waals surface area contributed by atoms with E-state index < -0.39 is 5.60 Å². The summed E-state index contributed by atoms with van der Waals surface area (Å²) in [6, 6.07) is 7.28. The third-order valence-corrected chi connectivity index (χ3v) is 3.55. The molecule has 2 rings (SSSR count). The summed E-state index contributed by atoms with van der Waals surface area (Å²) in [5.41, 5.74) is 0.451. The van der Waals surface area contributed by atoms with Gasteiger partial charge in [-0.1, -0.05) is 12.1 Å². The van der Waals surface area contributed by atoms with Gasteiger partial charge in [-0.3, -0.25) is 0 Å². The molecular formula is C14H21NO3. The number of benzene rings is 1. The van der Waals surface area contributed by atoms with Gasteiger partial charge in [0.25, 0.3) is 0 Å². The highest BCUT2D eigenvalue weighted by molar-refractivity contribution is 5.27. The minimum absolute atomic E-state index is 0.150. The van der Waals surface area contributed by atoms with Gasteiger partial charge < -0.3 is 20.3 Å². The molecule has 0 amide bonds. The molecule has 1 heterocycles. The van der Waals surface area contributed by atoms with E-state index in [4.69, 9.17) is 4.74 Å². The number of nitrogens with one attached hydrogen (secondary N) is 1. The molecule has 1 atom stereocenters. The van der Waals surface area contributed by atoms with Crippen LogP contribution in [0.4, 0.5) is 0 Å². The highest BCUT2D eigenvalue weighted by Crippen LogP contribution is 2.22. The van der Waals surface area contributed by atoms with E-state index in [0.717, 1.165) is 5.56 Å². The summed E-state index contributed by atoms with van der Waals surface area (Å²) in [7, 11) is 0. The van der Waals surface area contributed by atoms with Crippen LogP contribution < -0.4 is 5.32 Å². The van der Waals surface area contributed by atoms with Crippen molar-refractivity contribution in [1.82, 2.24) is 5.32 Å². The summed E-state index contributed by atoms with van der Waals surface area (Å²) in [6.45, 7) is 3.88. The van der Waals surface area contributed by atoms with E-state index in [1.54, 1.807) is 12.1 Å². The summed E-state index contributed by atoms with van der Waals surface area (Å²) >= 11 is 0. The van der Waals surface area contributed by atoms with Gasteiger partial charge in [0.1, 0.15) is 5.75 Å². The van der Waals surface area contributed by atoms with Gasteiger partial charge in [0, 0.05) is 38.6 Å². The lowest BCUT2D eigenvalue weighted by atomic mass is 9.94. The van der Waals surface area contributed by atoms with E-state index in [1.807, 2.05) is 12.1 Å². The molecule has 1 fully saturated rings. The molecule has 100 valence electrons. The summed E-state index contributed by atoms with van der Waals surface area (Å²) in [6.07, 6.45) is 1.37. The Morgan fingerprint density at radius 3 is 2.50 bits per heavy atom. The Bertz CT molecular complexity index is 371. The van der Waals surface area contributed by atoms with E-state index in [2.05, 4.69) is 12.2 Å². The molecule has 4 heteroatoms. The Labute approximate surface area is 108 Å². The number of ether oxygens (including phenoxy) is 1. The lowest BCUT2D eigenvalue weighted by Gasteiger charge is -2.33. The van der Waals surface area contributed by atoms with Gasteiger partial charge in [-0.25, -0.2) is 0 Å². The predicted molar refractivity (Wildman–Crippen MR) is 69.5 cm³/mol. The molecule has 18 heavy (non-hydrogen) atoms. The number of rotatable bonds is 4. The maximum atomic E-state index is 10.3. The van der Waals surface area contributed by atoms with Crippen LogP contribution >= 0.6 is 0 Å². The lowest BCUT2D eigenvalue weighted by molar-refractivity contribution is -0.0626. The first-order valence-electron chi connectivity index (χ1n) is 6.41. The molecule has 4 nitrogen and oxygen atoms in total. The number of aromatic hydroxyl groups is 1. The van der Waals surface area contributed by atoms with E-state index in [9.17, 15) is 10.2 Å². The average molecular weight is 251 g/mol. The van der Waals surface area contributed by atoms with Crippen LogP contribution in [0.5, 0.6) is 5.75 Å². The van der Waals surface area contributed by atoms with Gasteiger partial charge in [-0.2, -0.15) is 0 Å². The second-order valence-electron chi connectivity index (χ2n) is 5.03. The topological polar surface area (TPSA) is 61.7 Å². The highest BCUT2D eigenvalue weighted by Gasteiger charge is 2.29. The van der Waals surface area contributed by atoms with Crippen molar-refractivity contribution in [1.29, 1.82) is 0 Å². The molecule has 0 radical (unpaired) electrons. The zero-order valence-corrected chi connectivity index (χ0v) is 10.7. The third kappa shape index (κ3) is 3.45. The molecule has 0 aromatic heterocycles. The Kier molecular flexibility index (Phi) is 4.22. The van der Waals surface area contributed by atoms with E-state index >= 15 is 0 Å². The predicted octanol–water partition coefficient (Wildman–Crippen LogP) is 1.58. The largest absolute Gasteiger partial charge is 0.508 e. The number of phenols is 1. The number of aliphatic hydroxyl groups is 1. The maximum Gasteiger partial charge on any atom is 0.115 e. The van der Waals surface area contributed by atoms with Gasteiger partial charge in [0.2, 0.25) is 0 Å². The molecule has 1 aliphatic heterocycles. The maximum absolute atomic E-state index is 10.3. The SMILES string of the molecule is CC(NCC1(O)CCOCC1)c1ccc(O)cc1. The molecule has 0 bridgehead atoms. The second kappa shape index (κ2) is 5.69. The van der Waals surface area contributed by atoms with Crippen molar-refractivity contribution in [2.45, 2.75) is 31.4 Å². The van der Waals surface area contributed by atoms with E-state index in [1.165, 1.54) is 0 Å². The zero-order valence-electron chi connectivity index (χ0n) is 10.7. The molecule has 1 aliphatic rings. The van der Waals surface area contributed by atoms with Crippen LogP contribution in [0.2, 0.25) is 0 Å². The number of hydrogen-bond acceptors (Lipinski definition) is 4. The van der Waals surface area contributed by atoms with Gasteiger partial charge in [-0.15, -0.1) is 0 Å². The smallest absolute Gasteiger partial charge is 0.115 e. The minimum Gasteiger partial charge on any atom is -0.508 e. The first kappa shape index (κ1) is 13.3. The highest BCUT2D eigenvalue weighted by atomic mass is 16.5. The fraction of sp³-hybridized carbons (Fsp3) is 0.571. The molecule has 3 N–H and O–H groups in total. The Hall–Kier alpha value is -1.10. The Morgan fingerprint density at radius 1 is 1.28 bits per heavy atom. The van der Waals surface area contributed by atoms with Gasteiger partial charge >= 0.3 is 0 Å². The second-order valence-corrected chi connectivity index (χ2v) is 5.03. The molecule has 1 saturated heterocycles. The van der Waals surface area contributed by atoms with Crippen molar-refractivity contribution in [2.75, 3.05) is 19.8 Å². The molecule has 0 saturated carbocycles. The van der Waals surface area contributed by atoms with Crippen LogP contribution in [0.25, 0.3) is 0 Å². The fourth-order valence-electron chi connectivity index (χ4n) is 2.15. The molecule has 1 aromatic rings. The van der Waals surface area contributed by atoms with Crippen molar-refractivity contribution in [2.24, 2.45) is 0 Å². The van der Waals surface area contributed by atoms with Crippen molar-refractivity contribution >= 4 is 0 Å². The third-order valence-electron chi connectivity index (χ3n) is 3.55. The van der Waals surface area contributed by atoms with Crippen LogP contribution in [0, 0.1) is 0 Å². The minimum atomic E-state index is -0.649. The fourth-order valence-corrected chi connectivity index (χ4v) is 2.15. The Balaban J connectivity index is 1.87. The Morgan fingerprint density at radius 2 is 1.89 bits per heavy atom. The first-order valence-corrected chi connectivity index (χ1v) is 6.41. The first-order chi connectivity index (χ1) is 8.59. The van der Waals surface area contributed by atoms with Crippen LogP contribution in [-0.2, 0) is 4.74 Å². The summed E-state index contributed by atoms with van der Waals surface area (Å²) in [5, 5.41) is 22.9. The molecular weight excluding hydrogens is 230 g/mol. The summed E-state index contributed by atoms with van der Waals surface area (Å²) in [4.78, 5) is 0. The van der Waals surface area contributed by atoms with Gasteiger partial charge in [0.05, 0.1) is 5.60 Å². The van der Waals surface area contributed by atoms with Crippen molar-refractivity contribution in [3.8, 4) is 5.75 Å². The van der Waals surface area contributed by atoms with E-state index in [-0.39, 0.29) is 11.8 Å². The number of phenolic OH excluding ortho intramolecular Hbond substituents is 1. The normalized spacial score (nSPS) is 20.6. The lowest BCUT2D eigenvalue weighted by Crippen LogP contribution is -2.45. The molecule has 0 spiro atoms. The van der Waals surface area contributed by atoms with Crippen LogP contribution in [0.3, 0.4) is 0 Å². The zero-order chi connectivity index (χ0) is 13.0. The van der Waals surface area contributed by atoms with Crippen LogP contribution in [0.1, 0.15) is 31.4 Å². The number of hydrogen-bond donors (Lipinski definition) is 3. The van der Waals surface area contributed by atoms with Gasteiger partial charge in [0.15, 0.2) is 0 Å². The van der Waals surface area contributed by atoms with Crippen LogP contribution in [0.15, 0.2) is 24.3 Å². The molecule has 0 aliphatic carbocycles. The van der Waals surface area contributed by atoms with E-state index in [0.29, 0.717) is 32.6 Å². The van der Waals surface area contributed by atoms with Crippen LogP contribution in [-0.4, -0.2) is 35.6 Å². The molecule has 1 unspecified atom stereocenters. The summed E-state index contributed by atoms with van der Waals surface area (Å²) in [5.74, 6) is 0.272. The monoisotopic (exact) mass is 251 g/mol. The average Bonchev–Trinajstić information content (AvgIpc) is 2.38. The van der Waals surface area contributed by atoms with Gasteiger partial charge in [-0.05, 0) is 24.6 Å². The standard InChI is InChI=1S/C14H21NO3/c1-11(12-2-4-13(16)5-3-12)15-10-14(17)6-8-18-9-7-14/h2-5,11,15-17H,6-10H2,1H3. The van der Waals surface area contributed by atoms with Crippen molar-refractivity contribution in [3.63, 3.8) is 0 Å². The van der Waals surface area contributed by atoms with Crippen molar-refractivity contribution in [3.05, 3.63) is 29.8 Å².